The summed E-state index contributed by atoms with van der Waals surface area (Å²) in [7, 11) is 0. The molecule has 3 nitrogen and oxygen atoms in total. The summed E-state index contributed by atoms with van der Waals surface area (Å²) >= 11 is 9.72. The van der Waals surface area contributed by atoms with Crippen molar-refractivity contribution in [1.29, 1.82) is 0 Å². The van der Waals surface area contributed by atoms with Crippen LogP contribution in [0, 0.1) is 6.92 Å². The van der Waals surface area contributed by atoms with Gasteiger partial charge in [0.25, 0.3) is 0 Å². The maximum Gasteiger partial charge on any atom is 0.152 e. The summed E-state index contributed by atoms with van der Waals surface area (Å²) in [6, 6.07) is 3.94. The molecule has 0 amide bonds. The number of aryl methyl sites for hydroxylation is 1. The van der Waals surface area contributed by atoms with E-state index in [2.05, 4.69) is 34.7 Å². The van der Waals surface area contributed by atoms with Crippen molar-refractivity contribution in [3.8, 4) is 5.75 Å². The second-order valence-corrected chi connectivity index (χ2v) is 7.04. The fraction of sp³-hybridized carbons (Fsp3) is 0.625. The van der Waals surface area contributed by atoms with Crippen LogP contribution in [0.5, 0.6) is 5.75 Å². The molecule has 2 rings (SSSR count). The van der Waals surface area contributed by atoms with Crippen molar-refractivity contribution >= 4 is 27.5 Å². The van der Waals surface area contributed by atoms with E-state index >= 15 is 0 Å². The molecule has 1 heterocycles. The number of ether oxygens (including phenoxy) is 2. The molecule has 2 atom stereocenters. The van der Waals surface area contributed by atoms with E-state index < -0.39 is 0 Å². The van der Waals surface area contributed by atoms with Gasteiger partial charge in [-0.25, -0.2) is 0 Å². The second kappa shape index (κ2) is 7.82. The van der Waals surface area contributed by atoms with E-state index in [1.807, 2.05) is 19.1 Å². The molecule has 0 radical (unpaired) electrons. The van der Waals surface area contributed by atoms with Crippen LogP contribution in [0.2, 0.25) is 5.02 Å². The highest BCUT2D eigenvalue weighted by Gasteiger charge is 2.21. The molecule has 5 heteroatoms. The molecule has 0 aromatic heterocycles. The van der Waals surface area contributed by atoms with E-state index in [1.165, 1.54) is 0 Å². The van der Waals surface area contributed by atoms with Crippen molar-refractivity contribution in [2.24, 2.45) is 0 Å². The quantitative estimate of drug-likeness (QED) is 0.716. The standard InChI is InChI=1S/C16H23BrClNO2/c1-11-7-14(17)16(15(18)8-11)20-6-4-5-19-9-12(2)21-13(3)10-19/h7-8,12-13H,4-6,9-10H2,1-3H3. The molecule has 1 saturated heterocycles. The largest absolute Gasteiger partial charge is 0.491 e. The lowest BCUT2D eigenvalue weighted by molar-refractivity contribution is -0.0686. The van der Waals surface area contributed by atoms with Gasteiger partial charge in [-0.15, -0.1) is 0 Å². The first-order valence-electron chi connectivity index (χ1n) is 7.42. The van der Waals surface area contributed by atoms with E-state index in [4.69, 9.17) is 21.1 Å². The van der Waals surface area contributed by atoms with Gasteiger partial charge < -0.3 is 9.47 Å². The van der Waals surface area contributed by atoms with Crippen molar-refractivity contribution in [3.63, 3.8) is 0 Å². The van der Waals surface area contributed by atoms with Crippen molar-refractivity contribution < 1.29 is 9.47 Å². The van der Waals surface area contributed by atoms with Crippen molar-refractivity contribution in [2.75, 3.05) is 26.2 Å². The van der Waals surface area contributed by atoms with Crippen LogP contribution in [0.15, 0.2) is 16.6 Å². The summed E-state index contributed by atoms with van der Waals surface area (Å²) in [4.78, 5) is 2.44. The number of hydrogen-bond donors (Lipinski definition) is 0. The Kier molecular flexibility index (Phi) is 6.35. The number of halogens is 2. The average molecular weight is 377 g/mol. The Morgan fingerprint density at radius 2 is 2.00 bits per heavy atom. The van der Waals surface area contributed by atoms with Gasteiger partial charge >= 0.3 is 0 Å². The highest BCUT2D eigenvalue weighted by Crippen LogP contribution is 2.34. The van der Waals surface area contributed by atoms with Gasteiger partial charge in [-0.2, -0.15) is 0 Å². The first kappa shape index (κ1) is 17.1. The monoisotopic (exact) mass is 375 g/mol. The molecule has 2 unspecified atom stereocenters. The van der Waals surface area contributed by atoms with E-state index in [-0.39, 0.29) is 0 Å². The Labute approximate surface area is 140 Å². The third kappa shape index (κ3) is 5.13. The summed E-state index contributed by atoms with van der Waals surface area (Å²) in [6.07, 6.45) is 1.61. The third-order valence-corrected chi connectivity index (χ3v) is 4.37. The molecule has 1 aliphatic heterocycles. The highest BCUT2D eigenvalue weighted by atomic mass is 79.9. The predicted octanol–water partition coefficient (Wildman–Crippen LogP) is 4.29. The van der Waals surface area contributed by atoms with Crippen LogP contribution in [0.3, 0.4) is 0 Å². The summed E-state index contributed by atoms with van der Waals surface area (Å²) in [5.74, 6) is 0.742. The van der Waals surface area contributed by atoms with E-state index in [1.54, 1.807) is 0 Å². The first-order valence-corrected chi connectivity index (χ1v) is 8.59. The molecule has 0 saturated carbocycles. The van der Waals surface area contributed by atoms with Gasteiger partial charge in [0.2, 0.25) is 0 Å². The number of rotatable bonds is 5. The van der Waals surface area contributed by atoms with Gasteiger partial charge in [0.15, 0.2) is 5.75 Å². The Bertz CT molecular complexity index is 450. The summed E-state index contributed by atoms with van der Waals surface area (Å²) in [5.41, 5.74) is 1.12. The predicted molar refractivity (Wildman–Crippen MR) is 90.5 cm³/mol. The number of benzene rings is 1. The molecule has 21 heavy (non-hydrogen) atoms. The Hall–Kier alpha value is -0.290. The van der Waals surface area contributed by atoms with Gasteiger partial charge in [0, 0.05) is 19.6 Å². The highest BCUT2D eigenvalue weighted by molar-refractivity contribution is 9.10. The van der Waals surface area contributed by atoms with Gasteiger partial charge in [-0.05, 0) is 60.8 Å². The van der Waals surface area contributed by atoms with Crippen LogP contribution in [0.25, 0.3) is 0 Å². The summed E-state index contributed by atoms with van der Waals surface area (Å²) < 4.78 is 12.5. The third-order valence-electron chi connectivity index (χ3n) is 3.50. The maximum absolute atomic E-state index is 6.22. The minimum atomic E-state index is 0.315. The molecule has 118 valence electrons. The van der Waals surface area contributed by atoms with E-state index in [9.17, 15) is 0 Å². The molecule has 0 bridgehead atoms. The molecule has 1 aromatic carbocycles. The molecule has 0 aliphatic carbocycles. The number of nitrogens with zero attached hydrogens (tertiary/aromatic N) is 1. The van der Waals surface area contributed by atoms with E-state index in [0.717, 1.165) is 41.8 Å². The fourth-order valence-corrected chi connectivity index (χ4v) is 3.89. The molecule has 1 fully saturated rings. The van der Waals surface area contributed by atoms with Crippen molar-refractivity contribution in [1.82, 2.24) is 4.90 Å². The Morgan fingerprint density at radius 1 is 1.33 bits per heavy atom. The summed E-state index contributed by atoms with van der Waals surface area (Å²) in [5, 5.41) is 0.662. The zero-order valence-corrected chi connectivity index (χ0v) is 15.2. The first-order chi connectivity index (χ1) is 9.95. The molecule has 0 spiro atoms. The lowest BCUT2D eigenvalue weighted by Gasteiger charge is -2.35. The number of hydrogen-bond acceptors (Lipinski definition) is 3. The van der Waals surface area contributed by atoms with Crippen LogP contribution in [0.1, 0.15) is 25.8 Å². The van der Waals surface area contributed by atoms with Crippen molar-refractivity contribution in [2.45, 2.75) is 39.4 Å². The van der Waals surface area contributed by atoms with Crippen molar-refractivity contribution in [3.05, 3.63) is 27.2 Å². The zero-order valence-electron chi connectivity index (χ0n) is 12.9. The topological polar surface area (TPSA) is 21.7 Å². The second-order valence-electron chi connectivity index (χ2n) is 5.78. The van der Waals surface area contributed by atoms with Crippen LogP contribution in [-0.4, -0.2) is 43.3 Å². The number of morpholine rings is 1. The van der Waals surface area contributed by atoms with Crippen LogP contribution < -0.4 is 4.74 Å². The molecular formula is C16H23BrClNO2. The SMILES string of the molecule is Cc1cc(Cl)c(OCCCN2CC(C)OC(C)C2)c(Br)c1. The Balaban J connectivity index is 1.77. The average Bonchev–Trinajstić information content (AvgIpc) is 2.35. The Morgan fingerprint density at radius 3 is 2.62 bits per heavy atom. The normalized spacial score (nSPS) is 23.3. The zero-order chi connectivity index (χ0) is 15.4. The minimum Gasteiger partial charge on any atom is -0.491 e. The molecule has 0 N–H and O–H groups in total. The lowest BCUT2D eigenvalue weighted by atomic mass is 10.2. The fourth-order valence-electron chi connectivity index (χ4n) is 2.75. The van der Waals surface area contributed by atoms with E-state index in [0.29, 0.717) is 23.8 Å². The maximum atomic E-state index is 6.22. The minimum absolute atomic E-state index is 0.315. The van der Waals surface area contributed by atoms with Gasteiger partial charge in [-0.1, -0.05) is 11.6 Å². The van der Waals surface area contributed by atoms with Crippen LogP contribution in [0.4, 0.5) is 0 Å². The van der Waals surface area contributed by atoms with Crippen LogP contribution >= 0.6 is 27.5 Å². The van der Waals surface area contributed by atoms with Gasteiger partial charge in [0.05, 0.1) is 28.3 Å². The smallest absolute Gasteiger partial charge is 0.152 e. The molecular weight excluding hydrogens is 354 g/mol. The van der Waals surface area contributed by atoms with Gasteiger partial charge in [-0.3, -0.25) is 4.90 Å². The molecule has 1 aliphatic rings. The van der Waals surface area contributed by atoms with Crippen LogP contribution in [-0.2, 0) is 4.74 Å². The van der Waals surface area contributed by atoms with Gasteiger partial charge in [0.1, 0.15) is 0 Å². The molecule has 1 aromatic rings. The summed E-state index contributed by atoms with van der Waals surface area (Å²) in [6.45, 7) is 9.96. The lowest BCUT2D eigenvalue weighted by Crippen LogP contribution is -2.45.